The highest BCUT2D eigenvalue weighted by molar-refractivity contribution is 9.11. The summed E-state index contributed by atoms with van der Waals surface area (Å²) < 4.78 is 27.4. The molecule has 2 N–H and O–H groups in total. The number of carbonyl (C=O) groups is 1. The van der Waals surface area contributed by atoms with Crippen molar-refractivity contribution in [3.63, 3.8) is 0 Å². The summed E-state index contributed by atoms with van der Waals surface area (Å²) in [4.78, 5) is 10.8. The number of carboxylic acids is 1. The molecule has 1 heterocycles. The molecule has 1 aromatic heterocycles. The Morgan fingerprint density at radius 2 is 2.26 bits per heavy atom. The lowest BCUT2D eigenvalue weighted by Crippen LogP contribution is -2.37. The molecule has 19 heavy (non-hydrogen) atoms. The minimum atomic E-state index is -3.72. The van der Waals surface area contributed by atoms with Gasteiger partial charge in [0.05, 0.1) is 15.2 Å². The SMILES string of the molecule is O=C(O)CC(NS(=O)(=O)c1cc(Cl)c(Br)s1)C1CC1. The van der Waals surface area contributed by atoms with Gasteiger partial charge in [0.25, 0.3) is 0 Å². The van der Waals surface area contributed by atoms with E-state index < -0.39 is 22.0 Å². The molecule has 0 aliphatic heterocycles. The van der Waals surface area contributed by atoms with Gasteiger partial charge in [0.2, 0.25) is 10.0 Å². The molecular formula is C10H11BrClNO4S2. The highest BCUT2D eigenvalue weighted by Gasteiger charge is 2.36. The molecule has 1 unspecified atom stereocenters. The molecule has 1 saturated carbocycles. The van der Waals surface area contributed by atoms with E-state index in [1.165, 1.54) is 6.07 Å². The van der Waals surface area contributed by atoms with Crippen LogP contribution in [0.1, 0.15) is 19.3 Å². The number of carboxylic acid groups (broad SMARTS) is 1. The van der Waals surface area contributed by atoms with Gasteiger partial charge in [-0.15, -0.1) is 11.3 Å². The summed E-state index contributed by atoms with van der Waals surface area (Å²) in [5, 5.41) is 9.14. The van der Waals surface area contributed by atoms with E-state index in [0.717, 1.165) is 24.2 Å². The zero-order valence-corrected chi connectivity index (χ0v) is 13.6. The summed E-state index contributed by atoms with van der Waals surface area (Å²) in [6.45, 7) is 0. The summed E-state index contributed by atoms with van der Waals surface area (Å²) in [5.74, 6) is -0.894. The van der Waals surface area contributed by atoms with E-state index in [-0.39, 0.29) is 16.5 Å². The van der Waals surface area contributed by atoms with Crippen molar-refractivity contribution in [3.8, 4) is 0 Å². The van der Waals surface area contributed by atoms with Gasteiger partial charge in [0.1, 0.15) is 4.21 Å². The Hall–Kier alpha value is -0.150. The van der Waals surface area contributed by atoms with E-state index in [4.69, 9.17) is 16.7 Å². The monoisotopic (exact) mass is 387 g/mol. The number of aliphatic carboxylic acids is 1. The summed E-state index contributed by atoms with van der Waals surface area (Å²) >= 11 is 9.97. The summed E-state index contributed by atoms with van der Waals surface area (Å²) in [5.41, 5.74) is 0. The second-order valence-electron chi connectivity index (χ2n) is 4.35. The van der Waals surface area contributed by atoms with Crippen molar-refractivity contribution < 1.29 is 18.3 Å². The van der Waals surface area contributed by atoms with Crippen LogP contribution in [0.25, 0.3) is 0 Å². The number of hydrogen-bond donors (Lipinski definition) is 2. The highest BCUT2D eigenvalue weighted by Crippen LogP contribution is 2.37. The van der Waals surface area contributed by atoms with Crippen molar-refractivity contribution in [3.05, 3.63) is 14.9 Å². The molecule has 1 aromatic rings. The van der Waals surface area contributed by atoms with E-state index in [1.807, 2.05) is 0 Å². The fourth-order valence-corrected chi connectivity index (χ4v) is 5.43. The van der Waals surface area contributed by atoms with Gasteiger partial charge in [-0.2, -0.15) is 0 Å². The molecule has 9 heteroatoms. The van der Waals surface area contributed by atoms with Crippen molar-refractivity contribution in [1.29, 1.82) is 0 Å². The largest absolute Gasteiger partial charge is 0.481 e. The van der Waals surface area contributed by atoms with Crippen LogP contribution in [-0.2, 0) is 14.8 Å². The predicted molar refractivity (Wildman–Crippen MR) is 76.1 cm³/mol. The molecule has 1 fully saturated rings. The Labute approximate surface area is 128 Å². The van der Waals surface area contributed by atoms with Gasteiger partial charge in [0.15, 0.2) is 0 Å². The van der Waals surface area contributed by atoms with Crippen LogP contribution < -0.4 is 4.72 Å². The molecule has 1 aliphatic carbocycles. The summed E-state index contributed by atoms with van der Waals surface area (Å²) in [7, 11) is -3.72. The number of rotatable bonds is 6. The quantitative estimate of drug-likeness (QED) is 0.785. The normalized spacial score (nSPS) is 17.4. The van der Waals surface area contributed by atoms with Crippen LogP contribution in [0.4, 0.5) is 0 Å². The minimum Gasteiger partial charge on any atom is -0.481 e. The van der Waals surface area contributed by atoms with Gasteiger partial charge < -0.3 is 5.11 Å². The van der Waals surface area contributed by atoms with Crippen molar-refractivity contribution in [2.24, 2.45) is 5.92 Å². The maximum atomic E-state index is 12.1. The molecule has 0 aromatic carbocycles. The van der Waals surface area contributed by atoms with Gasteiger partial charge in [-0.1, -0.05) is 11.6 Å². The van der Waals surface area contributed by atoms with Crippen molar-refractivity contribution in [2.45, 2.75) is 29.5 Å². The maximum Gasteiger partial charge on any atom is 0.304 e. The van der Waals surface area contributed by atoms with Gasteiger partial charge in [-0.25, -0.2) is 13.1 Å². The van der Waals surface area contributed by atoms with Crippen molar-refractivity contribution in [1.82, 2.24) is 4.72 Å². The Morgan fingerprint density at radius 3 is 2.68 bits per heavy atom. The van der Waals surface area contributed by atoms with Crippen molar-refractivity contribution >= 4 is 54.9 Å². The third kappa shape index (κ3) is 3.91. The van der Waals surface area contributed by atoms with Crippen LogP contribution >= 0.6 is 38.9 Å². The van der Waals surface area contributed by atoms with Gasteiger partial charge in [-0.05, 0) is 40.8 Å². The first-order valence-electron chi connectivity index (χ1n) is 5.48. The first-order chi connectivity index (χ1) is 8.79. The smallest absolute Gasteiger partial charge is 0.304 e. The van der Waals surface area contributed by atoms with Crippen LogP contribution in [0.15, 0.2) is 14.1 Å². The number of sulfonamides is 1. The fraction of sp³-hybridized carbons (Fsp3) is 0.500. The molecule has 0 saturated heterocycles. The number of nitrogens with one attached hydrogen (secondary N) is 1. The molecule has 1 atom stereocenters. The second-order valence-corrected chi connectivity index (χ2v) is 9.07. The third-order valence-electron chi connectivity index (χ3n) is 2.78. The average Bonchev–Trinajstić information content (AvgIpc) is 3.05. The molecule has 0 radical (unpaired) electrons. The lowest BCUT2D eigenvalue weighted by atomic mass is 10.1. The average molecular weight is 389 g/mol. The standard InChI is InChI=1S/C10H11BrClNO4S2/c11-10-6(12)3-9(18-10)19(16,17)13-7(4-8(14)15)5-1-2-5/h3,5,7,13H,1-2,4H2,(H,14,15). The lowest BCUT2D eigenvalue weighted by molar-refractivity contribution is -0.137. The first-order valence-corrected chi connectivity index (χ1v) is 8.95. The Kier molecular flexibility index (Phi) is 4.56. The van der Waals surface area contributed by atoms with Crippen LogP contribution in [-0.4, -0.2) is 25.5 Å². The zero-order chi connectivity index (χ0) is 14.2. The Morgan fingerprint density at radius 1 is 1.63 bits per heavy atom. The van der Waals surface area contributed by atoms with E-state index in [9.17, 15) is 13.2 Å². The van der Waals surface area contributed by atoms with Gasteiger partial charge in [0, 0.05) is 6.04 Å². The molecule has 0 bridgehead atoms. The van der Waals surface area contributed by atoms with Crippen molar-refractivity contribution in [2.75, 3.05) is 0 Å². The van der Waals surface area contributed by atoms with E-state index in [1.54, 1.807) is 0 Å². The van der Waals surface area contributed by atoms with Gasteiger partial charge >= 0.3 is 5.97 Å². The number of thiophene rings is 1. The van der Waals surface area contributed by atoms with Crippen LogP contribution in [0.5, 0.6) is 0 Å². The van der Waals surface area contributed by atoms with Crippen LogP contribution in [0.2, 0.25) is 5.02 Å². The summed E-state index contributed by atoms with van der Waals surface area (Å²) in [6.07, 6.45) is 1.51. The first kappa shape index (κ1) is 15.2. The van der Waals surface area contributed by atoms with E-state index >= 15 is 0 Å². The van der Waals surface area contributed by atoms with E-state index in [0.29, 0.717) is 8.81 Å². The maximum absolute atomic E-state index is 12.1. The molecule has 2 rings (SSSR count). The Bertz CT molecular complexity index is 577. The fourth-order valence-electron chi connectivity index (χ4n) is 1.71. The number of halogens is 2. The van der Waals surface area contributed by atoms with Crippen LogP contribution in [0, 0.1) is 5.92 Å². The second kappa shape index (κ2) is 5.69. The molecular weight excluding hydrogens is 378 g/mol. The topological polar surface area (TPSA) is 83.5 Å². The highest BCUT2D eigenvalue weighted by atomic mass is 79.9. The number of hydrogen-bond acceptors (Lipinski definition) is 4. The van der Waals surface area contributed by atoms with Crippen LogP contribution in [0.3, 0.4) is 0 Å². The Balaban J connectivity index is 2.17. The summed E-state index contributed by atoms with van der Waals surface area (Å²) in [6, 6.07) is 0.797. The third-order valence-corrected chi connectivity index (χ3v) is 7.22. The van der Waals surface area contributed by atoms with Gasteiger partial charge in [-0.3, -0.25) is 4.79 Å². The molecule has 106 valence electrons. The molecule has 0 amide bonds. The molecule has 0 spiro atoms. The molecule has 1 aliphatic rings. The predicted octanol–water partition coefficient (Wildman–Crippen LogP) is 2.70. The zero-order valence-electron chi connectivity index (χ0n) is 9.60. The minimum absolute atomic E-state index is 0.0837. The molecule has 5 nitrogen and oxygen atoms in total. The lowest BCUT2D eigenvalue weighted by Gasteiger charge is -2.15. The van der Waals surface area contributed by atoms with E-state index in [2.05, 4.69) is 20.7 Å².